The molecule has 0 spiro atoms. The van der Waals surface area contributed by atoms with Gasteiger partial charge >= 0.3 is 0 Å². The standard InChI is InChI=1S/C16H17FN2O2S/c1-11(12-3-4-15(21-2)14(17)9-12)19-16(20)10-22-13-5-7-18-8-6-13/h3-9,11H,10H2,1-2H3,(H,19,20)/t11-/m0/s1. The molecule has 1 aromatic heterocycles. The Balaban J connectivity index is 1.89. The Morgan fingerprint density at radius 3 is 2.73 bits per heavy atom. The molecule has 0 saturated carbocycles. The SMILES string of the molecule is COc1ccc([C@H](C)NC(=O)CSc2ccncc2)cc1F. The molecule has 0 radical (unpaired) electrons. The Hall–Kier alpha value is -2.08. The van der Waals surface area contributed by atoms with Crippen LogP contribution >= 0.6 is 11.8 Å². The van der Waals surface area contributed by atoms with Gasteiger partial charge in [0, 0.05) is 17.3 Å². The molecule has 0 aliphatic heterocycles. The number of hydrogen-bond donors (Lipinski definition) is 1. The molecular weight excluding hydrogens is 303 g/mol. The fourth-order valence-electron chi connectivity index (χ4n) is 1.90. The lowest BCUT2D eigenvalue weighted by Gasteiger charge is -2.15. The Kier molecular flexibility index (Phi) is 5.77. The molecule has 1 heterocycles. The number of aromatic nitrogens is 1. The molecule has 0 fully saturated rings. The van der Waals surface area contributed by atoms with Crippen molar-refractivity contribution in [3.05, 3.63) is 54.1 Å². The van der Waals surface area contributed by atoms with Crippen molar-refractivity contribution in [3.8, 4) is 5.75 Å². The van der Waals surface area contributed by atoms with E-state index in [4.69, 9.17) is 4.74 Å². The highest BCUT2D eigenvalue weighted by atomic mass is 32.2. The van der Waals surface area contributed by atoms with E-state index >= 15 is 0 Å². The highest BCUT2D eigenvalue weighted by Crippen LogP contribution is 2.22. The quantitative estimate of drug-likeness (QED) is 0.831. The maximum absolute atomic E-state index is 13.7. The normalized spacial score (nSPS) is 11.8. The zero-order valence-corrected chi connectivity index (χ0v) is 13.2. The van der Waals surface area contributed by atoms with Crippen LogP contribution in [0.2, 0.25) is 0 Å². The zero-order chi connectivity index (χ0) is 15.9. The van der Waals surface area contributed by atoms with Crippen molar-refractivity contribution in [2.75, 3.05) is 12.9 Å². The smallest absolute Gasteiger partial charge is 0.230 e. The Labute approximate surface area is 133 Å². The maximum Gasteiger partial charge on any atom is 0.230 e. The van der Waals surface area contributed by atoms with Gasteiger partial charge in [0.1, 0.15) is 0 Å². The first kappa shape index (κ1) is 16.3. The summed E-state index contributed by atoms with van der Waals surface area (Å²) in [4.78, 5) is 16.8. The van der Waals surface area contributed by atoms with E-state index in [-0.39, 0.29) is 17.7 Å². The van der Waals surface area contributed by atoms with Gasteiger partial charge in [0.2, 0.25) is 5.91 Å². The van der Waals surface area contributed by atoms with Gasteiger partial charge in [-0.05, 0) is 36.8 Å². The summed E-state index contributed by atoms with van der Waals surface area (Å²) >= 11 is 1.43. The summed E-state index contributed by atoms with van der Waals surface area (Å²) in [5, 5.41) is 2.85. The third-order valence-electron chi connectivity index (χ3n) is 3.07. The Morgan fingerprint density at radius 1 is 1.36 bits per heavy atom. The van der Waals surface area contributed by atoms with Crippen molar-refractivity contribution >= 4 is 17.7 Å². The molecule has 22 heavy (non-hydrogen) atoms. The van der Waals surface area contributed by atoms with Gasteiger partial charge in [0.15, 0.2) is 11.6 Å². The molecule has 0 saturated heterocycles. The molecule has 6 heteroatoms. The van der Waals surface area contributed by atoms with E-state index in [1.807, 2.05) is 19.1 Å². The van der Waals surface area contributed by atoms with E-state index in [0.717, 1.165) is 4.90 Å². The molecule has 0 unspecified atom stereocenters. The van der Waals surface area contributed by atoms with Crippen LogP contribution < -0.4 is 10.1 Å². The van der Waals surface area contributed by atoms with Crippen molar-refractivity contribution in [1.29, 1.82) is 0 Å². The number of thioether (sulfide) groups is 1. The summed E-state index contributed by atoms with van der Waals surface area (Å²) in [5.74, 6) is -0.0548. The zero-order valence-electron chi connectivity index (χ0n) is 12.4. The van der Waals surface area contributed by atoms with Crippen LogP contribution in [0.15, 0.2) is 47.6 Å². The van der Waals surface area contributed by atoms with Crippen LogP contribution in [0.1, 0.15) is 18.5 Å². The largest absolute Gasteiger partial charge is 0.494 e. The van der Waals surface area contributed by atoms with Crippen molar-refractivity contribution < 1.29 is 13.9 Å². The second kappa shape index (κ2) is 7.79. The molecule has 2 rings (SSSR count). The minimum atomic E-state index is -0.438. The lowest BCUT2D eigenvalue weighted by Crippen LogP contribution is -2.28. The number of benzene rings is 1. The molecule has 0 bridgehead atoms. The van der Waals surface area contributed by atoms with E-state index in [9.17, 15) is 9.18 Å². The lowest BCUT2D eigenvalue weighted by molar-refractivity contribution is -0.119. The predicted octanol–water partition coefficient (Wildman–Crippen LogP) is 3.20. The number of halogens is 1. The van der Waals surface area contributed by atoms with E-state index < -0.39 is 5.82 Å². The summed E-state index contributed by atoms with van der Waals surface area (Å²) in [7, 11) is 1.42. The average Bonchev–Trinajstić information content (AvgIpc) is 2.53. The van der Waals surface area contributed by atoms with E-state index in [1.165, 1.54) is 24.9 Å². The second-order valence-corrected chi connectivity index (χ2v) is 5.70. The van der Waals surface area contributed by atoms with Gasteiger partial charge in [-0.1, -0.05) is 6.07 Å². The van der Waals surface area contributed by atoms with Gasteiger partial charge in [-0.25, -0.2) is 4.39 Å². The fraction of sp³-hybridized carbons (Fsp3) is 0.250. The van der Waals surface area contributed by atoms with Gasteiger partial charge in [-0.15, -0.1) is 11.8 Å². The average molecular weight is 320 g/mol. The topological polar surface area (TPSA) is 51.2 Å². The van der Waals surface area contributed by atoms with Gasteiger partial charge < -0.3 is 10.1 Å². The van der Waals surface area contributed by atoms with Gasteiger partial charge in [-0.3, -0.25) is 9.78 Å². The summed E-state index contributed by atoms with van der Waals surface area (Å²) in [6.07, 6.45) is 3.37. The number of nitrogens with zero attached hydrogens (tertiary/aromatic N) is 1. The van der Waals surface area contributed by atoms with Crippen LogP contribution in [0.3, 0.4) is 0 Å². The highest BCUT2D eigenvalue weighted by Gasteiger charge is 2.12. The number of carbonyl (C=O) groups is 1. The molecule has 1 N–H and O–H groups in total. The van der Waals surface area contributed by atoms with Crippen LogP contribution in [0.4, 0.5) is 4.39 Å². The third-order valence-corrected chi connectivity index (χ3v) is 4.09. The van der Waals surface area contributed by atoms with Crippen molar-refractivity contribution in [3.63, 3.8) is 0 Å². The van der Waals surface area contributed by atoms with Gasteiger partial charge in [0.25, 0.3) is 0 Å². The molecular formula is C16H17FN2O2S. The van der Waals surface area contributed by atoms with Gasteiger partial charge in [-0.2, -0.15) is 0 Å². The summed E-state index contributed by atoms with van der Waals surface area (Å²) in [6.45, 7) is 1.82. The minimum absolute atomic E-state index is 0.106. The van der Waals surface area contributed by atoms with Crippen molar-refractivity contribution in [2.45, 2.75) is 17.9 Å². The van der Waals surface area contributed by atoms with Gasteiger partial charge in [0.05, 0.1) is 18.9 Å². The molecule has 1 aromatic carbocycles. The molecule has 0 aliphatic carbocycles. The maximum atomic E-state index is 13.7. The van der Waals surface area contributed by atoms with Crippen LogP contribution in [-0.2, 0) is 4.79 Å². The van der Waals surface area contributed by atoms with Crippen LogP contribution in [0.25, 0.3) is 0 Å². The molecule has 116 valence electrons. The summed E-state index contributed by atoms with van der Waals surface area (Å²) < 4.78 is 18.5. The highest BCUT2D eigenvalue weighted by molar-refractivity contribution is 8.00. The number of methoxy groups -OCH3 is 1. The number of ether oxygens (including phenoxy) is 1. The predicted molar refractivity (Wildman–Crippen MR) is 84.5 cm³/mol. The minimum Gasteiger partial charge on any atom is -0.494 e. The molecule has 4 nitrogen and oxygen atoms in total. The number of hydrogen-bond acceptors (Lipinski definition) is 4. The Bertz CT molecular complexity index is 637. The van der Waals surface area contributed by atoms with Crippen molar-refractivity contribution in [2.24, 2.45) is 0 Å². The molecule has 0 aliphatic rings. The monoisotopic (exact) mass is 320 g/mol. The fourth-order valence-corrected chi connectivity index (χ4v) is 2.60. The van der Waals surface area contributed by atoms with E-state index in [2.05, 4.69) is 10.3 Å². The van der Waals surface area contributed by atoms with Crippen LogP contribution in [0, 0.1) is 5.82 Å². The molecule has 1 atom stereocenters. The first-order chi connectivity index (χ1) is 10.6. The Morgan fingerprint density at radius 2 is 2.09 bits per heavy atom. The van der Waals surface area contributed by atoms with Crippen LogP contribution in [-0.4, -0.2) is 23.8 Å². The number of pyridine rings is 1. The number of carbonyl (C=O) groups excluding carboxylic acids is 1. The van der Waals surface area contributed by atoms with E-state index in [0.29, 0.717) is 11.3 Å². The molecule has 2 aromatic rings. The number of nitrogens with one attached hydrogen (secondary N) is 1. The third kappa shape index (κ3) is 4.46. The number of amides is 1. The van der Waals surface area contributed by atoms with Crippen molar-refractivity contribution in [1.82, 2.24) is 10.3 Å². The summed E-state index contributed by atoms with van der Waals surface area (Å²) in [6, 6.07) is 8.09. The first-order valence-electron chi connectivity index (χ1n) is 6.75. The lowest BCUT2D eigenvalue weighted by atomic mass is 10.1. The molecule has 1 amide bonds. The first-order valence-corrected chi connectivity index (χ1v) is 7.74. The number of rotatable bonds is 6. The van der Waals surface area contributed by atoms with E-state index in [1.54, 1.807) is 24.5 Å². The summed E-state index contributed by atoms with van der Waals surface area (Å²) in [5.41, 5.74) is 0.695. The van der Waals surface area contributed by atoms with Crippen LogP contribution in [0.5, 0.6) is 5.75 Å². The second-order valence-electron chi connectivity index (χ2n) is 4.65.